The monoisotopic (exact) mass is 370 g/mol. The highest BCUT2D eigenvalue weighted by molar-refractivity contribution is 5.85. The van der Waals surface area contributed by atoms with E-state index in [-0.39, 0.29) is 30.5 Å². The number of methoxy groups -OCH3 is 1. The number of rotatable bonds is 5. The SMILES string of the molecule is COc1cccc(CN2CCN(C(=O)Cn3nc(C)ccc3=O)CC2=O)c1. The molecule has 3 rings (SSSR count). The first-order valence-corrected chi connectivity index (χ1v) is 8.69. The van der Waals surface area contributed by atoms with Crippen molar-refractivity contribution in [1.29, 1.82) is 0 Å². The van der Waals surface area contributed by atoms with Crippen LogP contribution in [0.4, 0.5) is 0 Å². The Morgan fingerprint density at radius 3 is 2.74 bits per heavy atom. The lowest BCUT2D eigenvalue weighted by atomic mass is 10.2. The van der Waals surface area contributed by atoms with Gasteiger partial charge in [0.1, 0.15) is 12.3 Å². The average molecular weight is 370 g/mol. The second-order valence-electron chi connectivity index (χ2n) is 6.45. The Morgan fingerprint density at radius 1 is 1.19 bits per heavy atom. The summed E-state index contributed by atoms with van der Waals surface area (Å²) >= 11 is 0. The van der Waals surface area contributed by atoms with Crippen LogP contribution in [0.2, 0.25) is 0 Å². The molecular weight excluding hydrogens is 348 g/mol. The van der Waals surface area contributed by atoms with Gasteiger partial charge in [0, 0.05) is 25.7 Å². The molecule has 1 fully saturated rings. The molecule has 1 aliphatic rings. The quantitative estimate of drug-likeness (QED) is 0.762. The van der Waals surface area contributed by atoms with Crippen LogP contribution in [-0.2, 0) is 22.7 Å². The maximum absolute atomic E-state index is 12.5. The number of carbonyl (C=O) groups excluding carboxylic acids is 2. The standard InChI is InChI=1S/C19H22N4O4/c1-14-6-7-17(24)23(20-14)13-19(26)22-9-8-21(18(25)12-22)11-15-4-3-5-16(10-15)27-2/h3-7,10H,8-9,11-13H2,1-2H3. The van der Waals surface area contributed by atoms with Crippen LogP contribution in [0.1, 0.15) is 11.3 Å². The first-order valence-electron chi connectivity index (χ1n) is 8.69. The van der Waals surface area contributed by atoms with Crippen molar-refractivity contribution >= 4 is 11.8 Å². The van der Waals surface area contributed by atoms with Crippen LogP contribution in [0.25, 0.3) is 0 Å². The van der Waals surface area contributed by atoms with E-state index in [9.17, 15) is 14.4 Å². The number of ether oxygens (including phenoxy) is 1. The molecule has 0 N–H and O–H groups in total. The van der Waals surface area contributed by atoms with Gasteiger partial charge in [0.25, 0.3) is 5.56 Å². The van der Waals surface area contributed by atoms with E-state index in [1.807, 2.05) is 24.3 Å². The topological polar surface area (TPSA) is 84.7 Å². The summed E-state index contributed by atoms with van der Waals surface area (Å²) in [5.41, 5.74) is 1.29. The fourth-order valence-corrected chi connectivity index (χ4v) is 2.97. The fraction of sp³-hybridized carbons (Fsp3) is 0.368. The molecule has 0 spiro atoms. The number of benzene rings is 1. The summed E-state index contributed by atoms with van der Waals surface area (Å²) in [5, 5.41) is 4.06. The lowest BCUT2D eigenvalue weighted by molar-refractivity contribution is -0.146. The van der Waals surface area contributed by atoms with Crippen LogP contribution in [0.15, 0.2) is 41.2 Å². The Hall–Kier alpha value is -3.16. The minimum absolute atomic E-state index is 0.00334. The Kier molecular flexibility index (Phi) is 5.54. The van der Waals surface area contributed by atoms with E-state index < -0.39 is 0 Å². The summed E-state index contributed by atoms with van der Waals surface area (Å²) in [6, 6.07) is 10.5. The molecule has 0 radical (unpaired) electrons. The van der Waals surface area contributed by atoms with Crippen molar-refractivity contribution in [3.8, 4) is 5.75 Å². The maximum atomic E-state index is 12.5. The van der Waals surface area contributed by atoms with Crippen molar-refractivity contribution in [2.75, 3.05) is 26.7 Å². The molecule has 0 bridgehead atoms. The van der Waals surface area contributed by atoms with Gasteiger partial charge in [0.2, 0.25) is 11.8 Å². The largest absolute Gasteiger partial charge is 0.497 e. The molecule has 2 heterocycles. The molecule has 1 aromatic carbocycles. The van der Waals surface area contributed by atoms with Gasteiger partial charge in [-0.25, -0.2) is 4.68 Å². The minimum atomic E-state index is -0.336. The number of amides is 2. The van der Waals surface area contributed by atoms with Gasteiger partial charge in [-0.1, -0.05) is 12.1 Å². The summed E-state index contributed by atoms with van der Waals surface area (Å²) in [6.45, 7) is 2.93. The van der Waals surface area contributed by atoms with Gasteiger partial charge >= 0.3 is 0 Å². The normalized spacial score (nSPS) is 14.4. The van der Waals surface area contributed by atoms with Crippen LogP contribution in [0.3, 0.4) is 0 Å². The lowest BCUT2D eigenvalue weighted by Crippen LogP contribution is -2.52. The van der Waals surface area contributed by atoms with Gasteiger partial charge in [-0.05, 0) is 30.7 Å². The first-order chi connectivity index (χ1) is 13.0. The van der Waals surface area contributed by atoms with Crippen molar-refractivity contribution in [3.63, 3.8) is 0 Å². The molecule has 8 nitrogen and oxygen atoms in total. The predicted octanol–water partition coefficient (Wildman–Crippen LogP) is 0.431. The summed E-state index contributed by atoms with van der Waals surface area (Å²) < 4.78 is 6.33. The van der Waals surface area contributed by atoms with Gasteiger partial charge in [0.05, 0.1) is 19.3 Å². The van der Waals surface area contributed by atoms with Crippen molar-refractivity contribution in [3.05, 3.63) is 58.0 Å². The van der Waals surface area contributed by atoms with Crippen LogP contribution < -0.4 is 10.3 Å². The Labute approximate surface area is 157 Å². The third kappa shape index (κ3) is 4.52. The van der Waals surface area contributed by atoms with Crippen molar-refractivity contribution in [2.45, 2.75) is 20.0 Å². The number of nitrogens with zero attached hydrogens (tertiary/aromatic N) is 4. The molecule has 142 valence electrons. The molecule has 1 aliphatic heterocycles. The summed E-state index contributed by atoms with van der Waals surface area (Å²) in [5.74, 6) is 0.330. The van der Waals surface area contributed by atoms with E-state index in [1.54, 1.807) is 25.0 Å². The Balaban J connectivity index is 1.60. The van der Waals surface area contributed by atoms with Crippen LogP contribution >= 0.6 is 0 Å². The van der Waals surface area contributed by atoms with Gasteiger partial charge in [0.15, 0.2) is 0 Å². The van der Waals surface area contributed by atoms with Crippen LogP contribution in [0, 0.1) is 6.92 Å². The van der Waals surface area contributed by atoms with Crippen molar-refractivity contribution in [2.24, 2.45) is 0 Å². The molecule has 1 aromatic heterocycles. The number of piperazine rings is 1. The zero-order chi connectivity index (χ0) is 19.4. The zero-order valence-corrected chi connectivity index (χ0v) is 15.4. The molecule has 2 amide bonds. The maximum Gasteiger partial charge on any atom is 0.267 e. The summed E-state index contributed by atoms with van der Waals surface area (Å²) in [7, 11) is 1.60. The van der Waals surface area contributed by atoms with Crippen LogP contribution in [0.5, 0.6) is 5.75 Å². The van der Waals surface area contributed by atoms with Gasteiger partial charge in [-0.2, -0.15) is 5.10 Å². The van der Waals surface area contributed by atoms with Crippen LogP contribution in [-0.4, -0.2) is 58.1 Å². The van der Waals surface area contributed by atoms with E-state index in [0.717, 1.165) is 16.0 Å². The van der Waals surface area contributed by atoms with E-state index in [0.29, 0.717) is 25.3 Å². The molecular formula is C19H22N4O4. The third-order valence-corrected chi connectivity index (χ3v) is 4.46. The van der Waals surface area contributed by atoms with Crippen molar-refractivity contribution in [1.82, 2.24) is 19.6 Å². The highest BCUT2D eigenvalue weighted by atomic mass is 16.5. The molecule has 1 saturated heterocycles. The number of aryl methyl sites for hydroxylation is 1. The first kappa shape index (κ1) is 18.6. The second kappa shape index (κ2) is 8.03. The van der Waals surface area contributed by atoms with Gasteiger partial charge in [-0.15, -0.1) is 0 Å². The van der Waals surface area contributed by atoms with Gasteiger partial charge < -0.3 is 14.5 Å². The molecule has 2 aromatic rings. The minimum Gasteiger partial charge on any atom is -0.497 e. The average Bonchev–Trinajstić information content (AvgIpc) is 2.66. The summed E-state index contributed by atoms with van der Waals surface area (Å²) in [6.07, 6.45) is 0. The molecule has 8 heteroatoms. The number of hydrogen-bond acceptors (Lipinski definition) is 5. The van der Waals surface area contributed by atoms with E-state index >= 15 is 0 Å². The lowest BCUT2D eigenvalue weighted by Gasteiger charge is -2.34. The number of aromatic nitrogens is 2. The molecule has 0 atom stereocenters. The van der Waals surface area contributed by atoms with E-state index in [1.165, 1.54) is 11.0 Å². The smallest absolute Gasteiger partial charge is 0.267 e. The predicted molar refractivity (Wildman–Crippen MR) is 98.2 cm³/mol. The van der Waals surface area contributed by atoms with Crippen molar-refractivity contribution < 1.29 is 14.3 Å². The fourth-order valence-electron chi connectivity index (χ4n) is 2.97. The summed E-state index contributed by atoms with van der Waals surface area (Å²) in [4.78, 5) is 39.9. The molecule has 0 aliphatic carbocycles. The second-order valence-corrected chi connectivity index (χ2v) is 6.45. The molecule has 27 heavy (non-hydrogen) atoms. The Morgan fingerprint density at radius 2 is 2.00 bits per heavy atom. The van der Waals surface area contributed by atoms with E-state index in [2.05, 4.69) is 5.10 Å². The third-order valence-electron chi connectivity index (χ3n) is 4.46. The highest BCUT2D eigenvalue weighted by Crippen LogP contribution is 2.16. The highest BCUT2D eigenvalue weighted by Gasteiger charge is 2.27. The van der Waals surface area contributed by atoms with E-state index in [4.69, 9.17) is 4.74 Å². The van der Waals surface area contributed by atoms with Gasteiger partial charge in [-0.3, -0.25) is 14.4 Å². The zero-order valence-electron chi connectivity index (χ0n) is 15.4. The molecule has 0 unspecified atom stereocenters. The molecule has 0 saturated carbocycles. The Bertz CT molecular complexity index is 909. The number of carbonyl (C=O) groups is 2. The number of hydrogen-bond donors (Lipinski definition) is 0.